The summed E-state index contributed by atoms with van der Waals surface area (Å²) in [7, 11) is 0. The highest BCUT2D eigenvalue weighted by Gasteiger charge is 2.30. The fourth-order valence-electron chi connectivity index (χ4n) is 3.54. The molecule has 0 unspecified atom stereocenters. The number of carbonyl (C=O) groups is 1. The molecule has 1 aliphatic heterocycles. The van der Waals surface area contributed by atoms with Gasteiger partial charge in [-0.15, -0.1) is 0 Å². The summed E-state index contributed by atoms with van der Waals surface area (Å²) in [6.07, 6.45) is 5.46. The zero-order valence-electron chi connectivity index (χ0n) is 17.9. The summed E-state index contributed by atoms with van der Waals surface area (Å²) in [5.41, 5.74) is 2.32. The van der Waals surface area contributed by atoms with Crippen molar-refractivity contribution in [1.82, 2.24) is 4.57 Å². The first-order valence-electron chi connectivity index (χ1n) is 10.3. The van der Waals surface area contributed by atoms with E-state index in [0.717, 1.165) is 11.1 Å². The van der Waals surface area contributed by atoms with E-state index >= 15 is 0 Å². The predicted octanol–water partition coefficient (Wildman–Crippen LogP) is 4.77. The van der Waals surface area contributed by atoms with Crippen molar-refractivity contribution in [2.75, 3.05) is 6.61 Å². The van der Waals surface area contributed by atoms with Crippen molar-refractivity contribution in [3.05, 3.63) is 107 Å². The molecule has 33 heavy (non-hydrogen) atoms. The molecule has 1 atom stereocenters. The van der Waals surface area contributed by atoms with Gasteiger partial charge in [0, 0.05) is 0 Å². The minimum absolute atomic E-state index is 0.229. The zero-order valence-corrected chi connectivity index (χ0v) is 20.2. The monoisotopic (exact) mass is 498 g/mol. The Balaban J connectivity index is 1.87. The molecule has 1 aromatic heterocycles. The average Bonchev–Trinajstić information content (AvgIpc) is 3.09. The number of rotatable bonds is 5. The van der Waals surface area contributed by atoms with Crippen LogP contribution in [-0.4, -0.2) is 17.1 Å². The van der Waals surface area contributed by atoms with Gasteiger partial charge >= 0.3 is 5.97 Å². The molecule has 0 bridgehead atoms. The van der Waals surface area contributed by atoms with Crippen LogP contribution >= 0.6 is 34.5 Å². The summed E-state index contributed by atoms with van der Waals surface area (Å²) in [4.78, 5) is 31.3. The molecule has 0 N–H and O–H groups in total. The first-order chi connectivity index (χ1) is 15.9. The molecule has 2 aromatic carbocycles. The number of fused-ring (bicyclic) bond motifs is 1. The van der Waals surface area contributed by atoms with Crippen LogP contribution in [0.1, 0.15) is 31.0 Å². The molecule has 1 aliphatic rings. The summed E-state index contributed by atoms with van der Waals surface area (Å²) in [5, 5.41) is 0.846. The van der Waals surface area contributed by atoms with Crippen LogP contribution in [0.25, 0.3) is 12.2 Å². The minimum atomic E-state index is -0.642. The fourth-order valence-corrected chi connectivity index (χ4v) is 4.90. The minimum Gasteiger partial charge on any atom is -0.463 e. The number of nitrogens with zero attached hydrogens (tertiary/aromatic N) is 2. The number of aromatic nitrogens is 1. The van der Waals surface area contributed by atoms with Gasteiger partial charge in [0.15, 0.2) is 4.80 Å². The van der Waals surface area contributed by atoms with E-state index in [-0.39, 0.29) is 12.2 Å². The number of benzene rings is 2. The number of halogens is 2. The van der Waals surface area contributed by atoms with Crippen LogP contribution in [0.2, 0.25) is 10.0 Å². The van der Waals surface area contributed by atoms with Gasteiger partial charge in [-0.1, -0.05) is 83.1 Å². The van der Waals surface area contributed by atoms with E-state index in [2.05, 4.69) is 4.99 Å². The quantitative estimate of drug-likeness (QED) is 0.476. The van der Waals surface area contributed by atoms with Crippen molar-refractivity contribution in [1.29, 1.82) is 0 Å². The van der Waals surface area contributed by atoms with Crippen molar-refractivity contribution in [2.45, 2.75) is 19.9 Å². The summed E-state index contributed by atoms with van der Waals surface area (Å²) in [6.45, 7) is 3.73. The van der Waals surface area contributed by atoms with Crippen molar-refractivity contribution >= 4 is 52.7 Å². The van der Waals surface area contributed by atoms with Crippen molar-refractivity contribution in [3.8, 4) is 0 Å². The Morgan fingerprint density at radius 1 is 1.15 bits per heavy atom. The van der Waals surface area contributed by atoms with Gasteiger partial charge in [-0.05, 0) is 43.2 Å². The second-order valence-electron chi connectivity index (χ2n) is 7.29. The van der Waals surface area contributed by atoms with Crippen LogP contribution in [0.4, 0.5) is 0 Å². The number of esters is 1. The third-order valence-corrected chi connectivity index (χ3v) is 6.79. The summed E-state index contributed by atoms with van der Waals surface area (Å²) >= 11 is 13.4. The maximum absolute atomic E-state index is 13.4. The summed E-state index contributed by atoms with van der Waals surface area (Å²) in [6, 6.07) is 14.2. The molecule has 0 amide bonds. The molecule has 0 fully saturated rings. The number of allylic oxidation sites excluding steroid dienone is 2. The second-order valence-corrected chi connectivity index (χ2v) is 9.11. The van der Waals surface area contributed by atoms with Crippen LogP contribution in [0, 0.1) is 0 Å². The Labute approximate surface area is 204 Å². The van der Waals surface area contributed by atoms with E-state index < -0.39 is 12.0 Å². The molecule has 3 aromatic rings. The van der Waals surface area contributed by atoms with Crippen LogP contribution in [0.3, 0.4) is 0 Å². The number of thiazole rings is 1. The Bertz CT molecular complexity index is 1450. The van der Waals surface area contributed by atoms with Gasteiger partial charge in [-0.2, -0.15) is 0 Å². The highest BCUT2D eigenvalue weighted by molar-refractivity contribution is 7.07. The first-order valence-corrected chi connectivity index (χ1v) is 11.8. The van der Waals surface area contributed by atoms with E-state index in [1.54, 1.807) is 38.1 Å². The molecule has 8 heteroatoms. The van der Waals surface area contributed by atoms with Gasteiger partial charge in [0.05, 0.1) is 38.5 Å². The van der Waals surface area contributed by atoms with Crippen molar-refractivity contribution < 1.29 is 9.53 Å². The van der Waals surface area contributed by atoms with E-state index in [1.165, 1.54) is 15.9 Å². The van der Waals surface area contributed by atoms with Crippen LogP contribution in [0.15, 0.2) is 75.7 Å². The SMILES string of the molecule is CCOC(=O)C1=C(C)N=c2sc(=Cc3ccc(Cl)c(Cl)c3)c(=O)n2[C@H]1/C=C/c1ccccc1. The first kappa shape index (κ1) is 23.2. The Kier molecular flexibility index (Phi) is 6.98. The van der Waals surface area contributed by atoms with Gasteiger partial charge in [0.1, 0.15) is 0 Å². The molecule has 0 saturated carbocycles. The van der Waals surface area contributed by atoms with Gasteiger partial charge in [0.25, 0.3) is 5.56 Å². The van der Waals surface area contributed by atoms with Crippen LogP contribution in [0.5, 0.6) is 0 Å². The van der Waals surface area contributed by atoms with Gasteiger partial charge < -0.3 is 4.74 Å². The Morgan fingerprint density at radius 2 is 1.91 bits per heavy atom. The molecule has 2 heterocycles. The second kappa shape index (κ2) is 9.91. The Morgan fingerprint density at radius 3 is 2.61 bits per heavy atom. The normalized spacial score (nSPS) is 16.1. The molecular formula is C25H20Cl2N2O3S. The highest BCUT2D eigenvalue weighted by Crippen LogP contribution is 2.27. The predicted molar refractivity (Wildman–Crippen MR) is 133 cm³/mol. The molecule has 5 nitrogen and oxygen atoms in total. The van der Waals surface area contributed by atoms with Gasteiger partial charge in [0.2, 0.25) is 0 Å². The standard InChI is InChI=1S/C25H20Cl2N2O3S/c1-3-32-24(31)22-15(2)28-25-29(20(22)12-10-16-7-5-4-6-8-16)23(30)21(33-25)14-17-9-11-18(26)19(27)13-17/h4-14,20H,3H2,1-2H3/b12-10+,21-14?/t20-/m0/s1. The molecular weight excluding hydrogens is 479 g/mol. The molecule has 0 spiro atoms. The highest BCUT2D eigenvalue weighted by atomic mass is 35.5. The molecule has 4 rings (SSSR count). The third-order valence-electron chi connectivity index (χ3n) is 5.07. The smallest absolute Gasteiger partial charge is 0.338 e. The number of hydrogen-bond donors (Lipinski definition) is 0. The maximum atomic E-state index is 13.4. The maximum Gasteiger partial charge on any atom is 0.338 e. The van der Waals surface area contributed by atoms with E-state index in [9.17, 15) is 9.59 Å². The molecule has 0 radical (unpaired) electrons. The van der Waals surface area contributed by atoms with Crippen LogP contribution in [-0.2, 0) is 9.53 Å². The Hall–Kier alpha value is -2.93. The van der Waals surface area contributed by atoms with Crippen LogP contribution < -0.4 is 14.9 Å². The molecule has 0 aliphatic carbocycles. The lowest BCUT2D eigenvalue weighted by atomic mass is 10.0. The number of hydrogen-bond acceptors (Lipinski definition) is 5. The van der Waals surface area contributed by atoms with Gasteiger partial charge in [-0.3, -0.25) is 9.36 Å². The summed E-state index contributed by atoms with van der Waals surface area (Å²) in [5.74, 6) is -0.486. The molecule has 0 saturated heterocycles. The zero-order chi connectivity index (χ0) is 23.5. The molecule has 168 valence electrons. The van der Waals surface area contributed by atoms with E-state index in [0.29, 0.717) is 30.6 Å². The summed E-state index contributed by atoms with van der Waals surface area (Å²) < 4.78 is 7.29. The number of ether oxygens (including phenoxy) is 1. The third kappa shape index (κ3) is 4.88. The number of carbonyl (C=O) groups excluding carboxylic acids is 1. The van der Waals surface area contributed by atoms with E-state index in [1.807, 2.05) is 42.5 Å². The largest absolute Gasteiger partial charge is 0.463 e. The van der Waals surface area contributed by atoms with Crippen molar-refractivity contribution in [2.24, 2.45) is 4.99 Å². The average molecular weight is 499 g/mol. The van der Waals surface area contributed by atoms with E-state index in [4.69, 9.17) is 27.9 Å². The lowest BCUT2D eigenvalue weighted by Gasteiger charge is -2.21. The lowest BCUT2D eigenvalue weighted by Crippen LogP contribution is -2.38. The van der Waals surface area contributed by atoms with Crippen molar-refractivity contribution in [3.63, 3.8) is 0 Å². The topological polar surface area (TPSA) is 60.7 Å². The van der Waals surface area contributed by atoms with Gasteiger partial charge in [-0.25, -0.2) is 9.79 Å². The lowest BCUT2D eigenvalue weighted by molar-refractivity contribution is -0.139. The fraction of sp³-hybridized carbons (Fsp3) is 0.160.